The number of hydrogen-bond donors (Lipinski definition) is 2. The fourth-order valence-electron chi connectivity index (χ4n) is 1.73. The minimum absolute atomic E-state index is 0.0290. The number of carbonyl (C=O) groups is 1. The standard InChI is InChI=1S/C13H15ClN6O3/c1-13(2,3)19-6-16-11(18-19)12(21)17-8-4-7(14)5-9(10(8)15)20(22)23/h4-6H,15H2,1-3H3,(H,17,21). The number of rotatable bonds is 3. The van der Waals surface area contributed by atoms with Crippen LogP contribution in [-0.4, -0.2) is 25.6 Å². The quantitative estimate of drug-likeness (QED) is 0.502. The van der Waals surface area contributed by atoms with Gasteiger partial charge in [0.15, 0.2) is 0 Å². The molecule has 0 fully saturated rings. The van der Waals surface area contributed by atoms with Crippen molar-refractivity contribution in [2.24, 2.45) is 0 Å². The van der Waals surface area contributed by atoms with E-state index < -0.39 is 10.8 Å². The van der Waals surface area contributed by atoms with E-state index in [-0.39, 0.29) is 33.4 Å². The van der Waals surface area contributed by atoms with Crippen molar-refractivity contribution in [1.29, 1.82) is 0 Å². The van der Waals surface area contributed by atoms with Gasteiger partial charge in [-0.05, 0) is 26.8 Å². The van der Waals surface area contributed by atoms with E-state index in [1.54, 1.807) is 0 Å². The zero-order valence-corrected chi connectivity index (χ0v) is 13.5. The minimum atomic E-state index is -0.677. The van der Waals surface area contributed by atoms with Crippen LogP contribution < -0.4 is 11.1 Å². The van der Waals surface area contributed by atoms with Crippen LogP contribution in [0.1, 0.15) is 31.4 Å². The minimum Gasteiger partial charge on any atom is -0.391 e. The second-order valence-corrected chi connectivity index (χ2v) is 6.22. The van der Waals surface area contributed by atoms with Gasteiger partial charge in [-0.1, -0.05) is 11.6 Å². The molecule has 0 atom stereocenters. The molecule has 0 aliphatic carbocycles. The summed E-state index contributed by atoms with van der Waals surface area (Å²) in [4.78, 5) is 26.3. The number of aromatic nitrogens is 3. The van der Waals surface area contributed by atoms with Gasteiger partial charge in [-0.3, -0.25) is 14.9 Å². The van der Waals surface area contributed by atoms with E-state index in [2.05, 4.69) is 15.4 Å². The van der Waals surface area contributed by atoms with Gasteiger partial charge in [0.2, 0.25) is 5.82 Å². The average Bonchev–Trinajstić information content (AvgIpc) is 2.91. The molecule has 0 unspecified atom stereocenters. The molecule has 0 aliphatic rings. The first kappa shape index (κ1) is 16.7. The number of anilines is 2. The number of carbonyl (C=O) groups excluding carboxylic acids is 1. The number of nitrogen functional groups attached to an aromatic ring is 1. The zero-order valence-electron chi connectivity index (χ0n) is 12.7. The van der Waals surface area contributed by atoms with Gasteiger partial charge in [-0.15, -0.1) is 5.10 Å². The third kappa shape index (κ3) is 3.57. The Hall–Kier alpha value is -2.68. The zero-order chi connectivity index (χ0) is 17.4. The van der Waals surface area contributed by atoms with Crippen LogP contribution >= 0.6 is 11.6 Å². The molecule has 122 valence electrons. The Bertz CT molecular complexity index is 781. The van der Waals surface area contributed by atoms with Gasteiger partial charge in [-0.2, -0.15) is 0 Å². The molecule has 3 N–H and O–H groups in total. The highest BCUT2D eigenvalue weighted by atomic mass is 35.5. The molecule has 0 spiro atoms. The van der Waals surface area contributed by atoms with Crippen molar-refractivity contribution in [2.45, 2.75) is 26.3 Å². The lowest BCUT2D eigenvalue weighted by atomic mass is 10.1. The maximum absolute atomic E-state index is 12.2. The lowest BCUT2D eigenvalue weighted by Crippen LogP contribution is -2.23. The Kier molecular flexibility index (Phi) is 4.24. The number of nitrogens with two attached hydrogens (primary N) is 1. The van der Waals surface area contributed by atoms with Gasteiger partial charge >= 0.3 is 0 Å². The van der Waals surface area contributed by atoms with Crippen molar-refractivity contribution < 1.29 is 9.72 Å². The Balaban J connectivity index is 2.31. The molecule has 0 saturated carbocycles. The molecule has 2 aromatic rings. The van der Waals surface area contributed by atoms with Crippen LogP contribution in [0.3, 0.4) is 0 Å². The molecule has 0 saturated heterocycles. The van der Waals surface area contributed by atoms with E-state index in [0.29, 0.717) is 0 Å². The van der Waals surface area contributed by atoms with Gasteiger partial charge in [0, 0.05) is 11.1 Å². The summed E-state index contributed by atoms with van der Waals surface area (Å²) in [5.74, 6) is -0.724. The summed E-state index contributed by atoms with van der Waals surface area (Å²) >= 11 is 5.81. The summed E-state index contributed by atoms with van der Waals surface area (Å²) in [6.07, 6.45) is 1.43. The molecule has 0 bridgehead atoms. The highest BCUT2D eigenvalue weighted by Gasteiger charge is 2.22. The van der Waals surface area contributed by atoms with Gasteiger partial charge in [-0.25, -0.2) is 9.67 Å². The van der Waals surface area contributed by atoms with E-state index >= 15 is 0 Å². The van der Waals surface area contributed by atoms with Gasteiger partial charge in [0.25, 0.3) is 11.6 Å². The molecule has 0 radical (unpaired) electrons. The van der Waals surface area contributed by atoms with Crippen LogP contribution in [0, 0.1) is 10.1 Å². The molecule has 1 aromatic carbocycles. The fourth-order valence-corrected chi connectivity index (χ4v) is 1.94. The number of benzene rings is 1. The van der Waals surface area contributed by atoms with Gasteiger partial charge in [0.1, 0.15) is 12.0 Å². The van der Waals surface area contributed by atoms with E-state index in [9.17, 15) is 14.9 Å². The summed E-state index contributed by atoms with van der Waals surface area (Å²) in [7, 11) is 0. The molecule has 10 heteroatoms. The molecule has 1 heterocycles. The largest absolute Gasteiger partial charge is 0.391 e. The van der Waals surface area contributed by atoms with E-state index in [1.807, 2.05) is 20.8 Å². The number of nitro benzene ring substituents is 1. The van der Waals surface area contributed by atoms with Crippen molar-refractivity contribution in [1.82, 2.24) is 14.8 Å². The number of hydrogen-bond acceptors (Lipinski definition) is 6. The predicted octanol–water partition coefficient (Wildman–Crippen LogP) is 2.43. The first-order chi connectivity index (χ1) is 10.6. The Morgan fingerprint density at radius 2 is 2.09 bits per heavy atom. The first-order valence-electron chi connectivity index (χ1n) is 6.56. The summed E-state index contributed by atoms with van der Waals surface area (Å²) in [6.45, 7) is 5.71. The summed E-state index contributed by atoms with van der Waals surface area (Å²) in [5, 5.41) is 17.5. The van der Waals surface area contributed by atoms with E-state index in [1.165, 1.54) is 17.1 Å². The summed E-state index contributed by atoms with van der Waals surface area (Å²) < 4.78 is 1.53. The number of amides is 1. The Morgan fingerprint density at radius 3 is 2.61 bits per heavy atom. The van der Waals surface area contributed by atoms with Crippen molar-refractivity contribution in [3.05, 3.63) is 39.4 Å². The van der Waals surface area contributed by atoms with Crippen LogP contribution in [-0.2, 0) is 5.54 Å². The predicted molar refractivity (Wildman–Crippen MR) is 85.5 cm³/mol. The maximum Gasteiger partial charge on any atom is 0.295 e. The van der Waals surface area contributed by atoms with Crippen molar-refractivity contribution >= 4 is 34.6 Å². The SMILES string of the molecule is CC(C)(C)n1cnc(C(=O)Nc2cc(Cl)cc([N+](=O)[O-])c2N)n1. The summed E-state index contributed by atoms with van der Waals surface area (Å²) in [6, 6.07) is 2.43. The van der Waals surface area contributed by atoms with Crippen molar-refractivity contribution in [2.75, 3.05) is 11.1 Å². The van der Waals surface area contributed by atoms with Gasteiger partial charge < -0.3 is 11.1 Å². The Labute approximate surface area is 136 Å². The molecule has 23 heavy (non-hydrogen) atoms. The molecule has 9 nitrogen and oxygen atoms in total. The monoisotopic (exact) mass is 338 g/mol. The fraction of sp³-hybridized carbons (Fsp3) is 0.308. The molecule has 1 aromatic heterocycles. The second kappa shape index (κ2) is 5.84. The lowest BCUT2D eigenvalue weighted by molar-refractivity contribution is -0.383. The Morgan fingerprint density at radius 1 is 1.43 bits per heavy atom. The number of nitrogens with zero attached hydrogens (tertiary/aromatic N) is 4. The maximum atomic E-state index is 12.2. The van der Waals surface area contributed by atoms with Crippen LogP contribution in [0.2, 0.25) is 5.02 Å². The molecular formula is C13H15ClN6O3. The van der Waals surface area contributed by atoms with E-state index in [4.69, 9.17) is 17.3 Å². The molecule has 1 amide bonds. The highest BCUT2D eigenvalue weighted by Crippen LogP contribution is 2.33. The normalized spacial score (nSPS) is 11.3. The van der Waals surface area contributed by atoms with Gasteiger partial charge in [0.05, 0.1) is 16.1 Å². The third-order valence-electron chi connectivity index (χ3n) is 2.95. The third-order valence-corrected chi connectivity index (χ3v) is 3.17. The van der Waals surface area contributed by atoms with Crippen LogP contribution in [0.4, 0.5) is 17.1 Å². The van der Waals surface area contributed by atoms with Crippen LogP contribution in [0.15, 0.2) is 18.5 Å². The van der Waals surface area contributed by atoms with E-state index in [0.717, 1.165) is 6.07 Å². The highest BCUT2D eigenvalue weighted by molar-refractivity contribution is 6.31. The topological polar surface area (TPSA) is 129 Å². The van der Waals surface area contributed by atoms with Crippen molar-refractivity contribution in [3.8, 4) is 0 Å². The number of nitro groups is 1. The van der Waals surface area contributed by atoms with Crippen LogP contribution in [0.25, 0.3) is 0 Å². The molecular weight excluding hydrogens is 324 g/mol. The average molecular weight is 339 g/mol. The molecule has 0 aliphatic heterocycles. The number of halogens is 1. The smallest absolute Gasteiger partial charge is 0.295 e. The lowest BCUT2D eigenvalue weighted by Gasteiger charge is -2.17. The second-order valence-electron chi connectivity index (χ2n) is 5.78. The molecule has 2 rings (SSSR count). The summed E-state index contributed by atoms with van der Waals surface area (Å²) in [5.41, 5.74) is 4.81. The first-order valence-corrected chi connectivity index (χ1v) is 6.94. The number of nitrogens with one attached hydrogen (secondary N) is 1. The van der Waals surface area contributed by atoms with Crippen LogP contribution in [0.5, 0.6) is 0 Å². The van der Waals surface area contributed by atoms with Crippen molar-refractivity contribution in [3.63, 3.8) is 0 Å².